The van der Waals surface area contributed by atoms with Gasteiger partial charge in [0.15, 0.2) is 0 Å². The van der Waals surface area contributed by atoms with Crippen LogP contribution in [0.25, 0.3) is 0 Å². The van der Waals surface area contributed by atoms with Gasteiger partial charge in [-0.05, 0) is 24.5 Å². The predicted octanol–water partition coefficient (Wildman–Crippen LogP) is 1.90. The van der Waals surface area contributed by atoms with E-state index in [1.165, 1.54) is 0 Å². The molecule has 1 rings (SSSR count). The van der Waals surface area contributed by atoms with E-state index in [1.807, 2.05) is 24.3 Å². The molecule has 1 aromatic rings. The zero-order valence-electron chi connectivity index (χ0n) is 8.65. The van der Waals surface area contributed by atoms with E-state index in [0.717, 1.165) is 17.7 Å². The number of nitriles is 1. The van der Waals surface area contributed by atoms with Gasteiger partial charge in [0.25, 0.3) is 0 Å². The van der Waals surface area contributed by atoms with Crippen molar-refractivity contribution in [1.82, 2.24) is 0 Å². The summed E-state index contributed by atoms with van der Waals surface area (Å²) in [4.78, 5) is 0. The van der Waals surface area contributed by atoms with Crippen LogP contribution < -0.4 is 4.74 Å². The summed E-state index contributed by atoms with van der Waals surface area (Å²) in [5, 5.41) is 17.2. The third-order valence-corrected chi connectivity index (χ3v) is 2.04. The molecule has 0 aromatic heterocycles. The number of para-hydroxylation sites is 1. The lowest BCUT2D eigenvalue weighted by molar-refractivity contribution is 0.287. The molecule has 80 valence electrons. The number of rotatable bonds is 6. The molecule has 0 unspecified atom stereocenters. The SMILES string of the molecule is N#CCCCOc1ccccc1CCO. The van der Waals surface area contributed by atoms with E-state index in [4.69, 9.17) is 15.1 Å². The molecule has 1 N–H and O–H groups in total. The summed E-state index contributed by atoms with van der Waals surface area (Å²) in [5.74, 6) is 0.810. The summed E-state index contributed by atoms with van der Waals surface area (Å²) in [6.45, 7) is 0.675. The minimum absolute atomic E-state index is 0.124. The van der Waals surface area contributed by atoms with Crippen molar-refractivity contribution < 1.29 is 9.84 Å². The van der Waals surface area contributed by atoms with Crippen LogP contribution in [0.5, 0.6) is 5.75 Å². The van der Waals surface area contributed by atoms with Gasteiger partial charge in [-0.15, -0.1) is 0 Å². The third kappa shape index (κ3) is 4.01. The van der Waals surface area contributed by atoms with Gasteiger partial charge in [-0.2, -0.15) is 5.26 Å². The fourth-order valence-corrected chi connectivity index (χ4v) is 1.30. The number of unbranched alkanes of at least 4 members (excludes halogenated alkanes) is 1. The van der Waals surface area contributed by atoms with Gasteiger partial charge in [0.1, 0.15) is 5.75 Å². The minimum atomic E-state index is 0.124. The number of nitrogens with zero attached hydrogens (tertiary/aromatic N) is 1. The second kappa shape index (κ2) is 6.86. The molecule has 0 bridgehead atoms. The van der Waals surface area contributed by atoms with Crippen LogP contribution in [-0.2, 0) is 6.42 Å². The molecule has 1 aromatic carbocycles. The normalized spacial score (nSPS) is 9.60. The van der Waals surface area contributed by atoms with E-state index in [-0.39, 0.29) is 6.61 Å². The monoisotopic (exact) mass is 205 g/mol. The van der Waals surface area contributed by atoms with Crippen LogP contribution in [0.2, 0.25) is 0 Å². The first-order valence-electron chi connectivity index (χ1n) is 5.07. The van der Waals surface area contributed by atoms with Gasteiger partial charge in [0.05, 0.1) is 12.7 Å². The van der Waals surface area contributed by atoms with Crippen molar-refractivity contribution >= 4 is 0 Å². The molecule has 0 aliphatic carbocycles. The predicted molar refractivity (Wildman–Crippen MR) is 57.6 cm³/mol. The average Bonchev–Trinajstić information content (AvgIpc) is 2.27. The van der Waals surface area contributed by atoms with Crippen molar-refractivity contribution in [3.63, 3.8) is 0 Å². The van der Waals surface area contributed by atoms with Gasteiger partial charge in [-0.3, -0.25) is 0 Å². The highest BCUT2D eigenvalue weighted by molar-refractivity contribution is 5.33. The molecule has 3 nitrogen and oxygen atoms in total. The van der Waals surface area contributed by atoms with E-state index in [1.54, 1.807) is 0 Å². The average molecular weight is 205 g/mol. The van der Waals surface area contributed by atoms with Gasteiger partial charge in [-0.1, -0.05) is 18.2 Å². The molecule has 0 fully saturated rings. The molecule has 0 heterocycles. The summed E-state index contributed by atoms with van der Waals surface area (Å²) >= 11 is 0. The summed E-state index contributed by atoms with van der Waals surface area (Å²) in [6, 6.07) is 9.73. The van der Waals surface area contributed by atoms with Crippen LogP contribution in [0.4, 0.5) is 0 Å². The molecule has 0 amide bonds. The number of hydrogen-bond donors (Lipinski definition) is 1. The minimum Gasteiger partial charge on any atom is -0.493 e. The van der Waals surface area contributed by atoms with Crippen molar-refractivity contribution in [2.75, 3.05) is 13.2 Å². The fourth-order valence-electron chi connectivity index (χ4n) is 1.30. The van der Waals surface area contributed by atoms with Gasteiger partial charge < -0.3 is 9.84 Å². The first-order valence-corrected chi connectivity index (χ1v) is 5.07. The Hall–Kier alpha value is -1.53. The van der Waals surface area contributed by atoms with E-state index in [0.29, 0.717) is 19.4 Å². The molecule has 0 saturated heterocycles. The highest BCUT2D eigenvalue weighted by atomic mass is 16.5. The van der Waals surface area contributed by atoms with Crippen molar-refractivity contribution in [1.29, 1.82) is 5.26 Å². The van der Waals surface area contributed by atoms with Gasteiger partial charge >= 0.3 is 0 Å². The molecule has 0 atom stereocenters. The maximum Gasteiger partial charge on any atom is 0.122 e. The lowest BCUT2D eigenvalue weighted by atomic mass is 10.1. The molecule has 0 saturated carbocycles. The Kier molecular flexibility index (Phi) is 5.28. The Morgan fingerprint density at radius 1 is 1.33 bits per heavy atom. The van der Waals surface area contributed by atoms with E-state index in [2.05, 4.69) is 6.07 Å². The summed E-state index contributed by atoms with van der Waals surface area (Å²) in [6.07, 6.45) is 1.86. The standard InChI is InChI=1S/C12H15NO2/c13-8-3-4-10-15-12-6-2-1-5-11(12)7-9-14/h1-2,5-6,14H,3-4,7,9-10H2. The number of ether oxygens (including phenoxy) is 1. The van der Waals surface area contributed by atoms with Crippen molar-refractivity contribution in [3.8, 4) is 11.8 Å². The van der Waals surface area contributed by atoms with Crippen LogP contribution in [0.3, 0.4) is 0 Å². The van der Waals surface area contributed by atoms with E-state index in [9.17, 15) is 0 Å². The zero-order chi connectivity index (χ0) is 10.9. The quantitative estimate of drug-likeness (QED) is 0.722. The number of aliphatic hydroxyl groups excluding tert-OH is 1. The molecule has 0 aliphatic heterocycles. The van der Waals surface area contributed by atoms with Crippen LogP contribution in [0.15, 0.2) is 24.3 Å². The first kappa shape index (κ1) is 11.5. The van der Waals surface area contributed by atoms with Crippen molar-refractivity contribution in [3.05, 3.63) is 29.8 Å². The maximum absolute atomic E-state index is 8.86. The Bertz CT molecular complexity index is 331. The molecule has 3 heteroatoms. The van der Waals surface area contributed by atoms with Gasteiger partial charge in [0.2, 0.25) is 0 Å². The Labute approximate surface area is 89.9 Å². The second-order valence-electron chi connectivity index (χ2n) is 3.19. The Morgan fingerprint density at radius 2 is 2.13 bits per heavy atom. The van der Waals surface area contributed by atoms with E-state index >= 15 is 0 Å². The number of benzene rings is 1. The van der Waals surface area contributed by atoms with Gasteiger partial charge in [0, 0.05) is 13.0 Å². The fraction of sp³-hybridized carbons (Fsp3) is 0.417. The molecule has 0 aliphatic rings. The highest BCUT2D eigenvalue weighted by Gasteiger charge is 2.01. The molecular formula is C12H15NO2. The Balaban J connectivity index is 2.48. The molecular weight excluding hydrogens is 190 g/mol. The molecule has 15 heavy (non-hydrogen) atoms. The molecule has 0 spiro atoms. The van der Waals surface area contributed by atoms with E-state index < -0.39 is 0 Å². The second-order valence-corrected chi connectivity index (χ2v) is 3.19. The van der Waals surface area contributed by atoms with Crippen LogP contribution in [-0.4, -0.2) is 18.3 Å². The maximum atomic E-state index is 8.86. The van der Waals surface area contributed by atoms with Crippen molar-refractivity contribution in [2.24, 2.45) is 0 Å². The summed E-state index contributed by atoms with van der Waals surface area (Å²) in [7, 11) is 0. The lowest BCUT2D eigenvalue weighted by Crippen LogP contribution is -2.01. The Morgan fingerprint density at radius 3 is 2.87 bits per heavy atom. The summed E-state index contributed by atoms with van der Waals surface area (Å²) < 4.78 is 5.53. The smallest absolute Gasteiger partial charge is 0.122 e. The van der Waals surface area contributed by atoms with Crippen molar-refractivity contribution in [2.45, 2.75) is 19.3 Å². The molecule has 0 radical (unpaired) electrons. The zero-order valence-corrected chi connectivity index (χ0v) is 8.65. The number of hydrogen-bond acceptors (Lipinski definition) is 3. The largest absolute Gasteiger partial charge is 0.493 e. The van der Waals surface area contributed by atoms with Crippen LogP contribution in [0.1, 0.15) is 18.4 Å². The van der Waals surface area contributed by atoms with Crippen LogP contribution >= 0.6 is 0 Å². The first-order chi connectivity index (χ1) is 7.38. The van der Waals surface area contributed by atoms with Crippen LogP contribution in [0, 0.1) is 11.3 Å². The topological polar surface area (TPSA) is 53.2 Å². The number of aliphatic hydroxyl groups is 1. The highest BCUT2D eigenvalue weighted by Crippen LogP contribution is 2.18. The third-order valence-electron chi connectivity index (χ3n) is 2.04. The summed E-state index contributed by atoms with van der Waals surface area (Å²) in [5.41, 5.74) is 1.01. The van der Waals surface area contributed by atoms with Gasteiger partial charge in [-0.25, -0.2) is 0 Å². The lowest BCUT2D eigenvalue weighted by Gasteiger charge is -2.09.